The van der Waals surface area contributed by atoms with Crippen molar-refractivity contribution in [2.24, 2.45) is 5.73 Å². The molecule has 0 bridgehead atoms. The fourth-order valence-electron chi connectivity index (χ4n) is 1.24. The van der Waals surface area contributed by atoms with Crippen LogP contribution >= 0.6 is 0 Å². The van der Waals surface area contributed by atoms with Gasteiger partial charge in [-0.3, -0.25) is 0 Å². The van der Waals surface area contributed by atoms with Crippen LogP contribution in [0.15, 0.2) is 36.7 Å². The molecule has 4 nitrogen and oxygen atoms in total. The lowest BCUT2D eigenvalue weighted by Crippen LogP contribution is -1.95. The predicted octanol–water partition coefficient (Wildman–Crippen LogP) is 1.04. The minimum Gasteiger partial charge on any atom is -0.508 e. The van der Waals surface area contributed by atoms with Crippen molar-refractivity contribution in [2.75, 3.05) is 0 Å². The van der Waals surface area contributed by atoms with Crippen molar-refractivity contribution < 1.29 is 5.11 Å². The van der Waals surface area contributed by atoms with Crippen LogP contribution in [0.1, 0.15) is 5.56 Å². The van der Waals surface area contributed by atoms with E-state index in [0.717, 1.165) is 11.3 Å². The number of aromatic nitrogens is 2. The number of phenolic OH excluding ortho intramolecular Hbond substituents is 1. The van der Waals surface area contributed by atoms with Crippen molar-refractivity contribution in [3.63, 3.8) is 0 Å². The molecule has 0 saturated heterocycles. The van der Waals surface area contributed by atoms with Gasteiger partial charge in [0, 0.05) is 24.4 Å². The molecular formula is C10H11N3O. The van der Waals surface area contributed by atoms with Gasteiger partial charge in [0.15, 0.2) is 0 Å². The zero-order valence-corrected chi connectivity index (χ0v) is 7.59. The van der Waals surface area contributed by atoms with Gasteiger partial charge in [-0.05, 0) is 12.1 Å². The molecule has 4 heteroatoms. The first-order chi connectivity index (χ1) is 6.79. The number of nitrogens with zero attached hydrogens (tertiary/aromatic N) is 2. The van der Waals surface area contributed by atoms with E-state index in [1.165, 1.54) is 0 Å². The molecule has 0 aliphatic heterocycles. The molecule has 0 aliphatic carbocycles. The van der Waals surface area contributed by atoms with Gasteiger partial charge in [-0.2, -0.15) is 5.10 Å². The van der Waals surface area contributed by atoms with Gasteiger partial charge >= 0.3 is 0 Å². The summed E-state index contributed by atoms with van der Waals surface area (Å²) in [6.07, 6.45) is 3.55. The molecule has 1 aromatic heterocycles. The topological polar surface area (TPSA) is 64.1 Å². The van der Waals surface area contributed by atoms with Crippen molar-refractivity contribution in [1.82, 2.24) is 9.78 Å². The fraction of sp³-hybridized carbons (Fsp3) is 0.100. The molecular weight excluding hydrogens is 178 g/mol. The Hall–Kier alpha value is -1.81. The number of hydrogen-bond donors (Lipinski definition) is 2. The SMILES string of the molecule is NCc1cnn(-c2cccc(O)c2)c1. The van der Waals surface area contributed by atoms with E-state index in [1.54, 1.807) is 29.1 Å². The van der Waals surface area contributed by atoms with Crippen molar-refractivity contribution >= 4 is 0 Å². The summed E-state index contributed by atoms with van der Waals surface area (Å²) in [5.74, 6) is 0.229. The Morgan fingerprint density at radius 3 is 2.93 bits per heavy atom. The zero-order valence-electron chi connectivity index (χ0n) is 7.59. The van der Waals surface area contributed by atoms with Crippen LogP contribution < -0.4 is 5.73 Å². The molecule has 2 aromatic rings. The van der Waals surface area contributed by atoms with E-state index in [2.05, 4.69) is 5.10 Å². The molecule has 0 aliphatic rings. The van der Waals surface area contributed by atoms with E-state index in [1.807, 2.05) is 12.3 Å². The predicted molar refractivity (Wildman–Crippen MR) is 53.1 cm³/mol. The fourth-order valence-corrected chi connectivity index (χ4v) is 1.24. The van der Waals surface area contributed by atoms with Gasteiger partial charge < -0.3 is 10.8 Å². The molecule has 0 amide bonds. The second-order valence-corrected chi connectivity index (χ2v) is 3.02. The standard InChI is InChI=1S/C10H11N3O/c11-5-8-6-12-13(7-8)9-2-1-3-10(14)4-9/h1-4,6-7,14H,5,11H2. The number of hydrogen-bond acceptors (Lipinski definition) is 3. The Morgan fingerprint density at radius 2 is 2.29 bits per heavy atom. The van der Waals surface area contributed by atoms with Crippen LogP contribution in [0.4, 0.5) is 0 Å². The molecule has 0 fully saturated rings. The lowest BCUT2D eigenvalue weighted by molar-refractivity contribution is 0.475. The molecule has 1 aromatic carbocycles. The smallest absolute Gasteiger partial charge is 0.117 e. The molecule has 0 radical (unpaired) electrons. The third-order valence-electron chi connectivity index (χ3n) is 1.97. The summed E-state index contributed by atoms with van der Waals surface area (Å²) in [7, 11) is 0. The first-order valence-corrected chi connectivity index (χ1v) is 4.32. The van der Waals surface area contributed by atoms with Gasteiger partial charge in [0.25, 0.3) is 0 Å². The number of rotatable bonds is 2. The van der Waals surface area contributed by atoms with E-state index in [4.69, 9.17) is 5.73 Å². The first kappa shape index (κ1) is 8.77. The normalized spacial score (nSPS) is 10.4. The Morgan fingerprint density at radius 1 is 1.43 bits per heavy atom. The third kappa shape index (κ3) is 1.60. The van der Waals surface area contributed by atoms with Gasteiger partial charge in [-0.1, -0.05) is 6.07 Å². The maximum Gasteiger partial charge on any atom is 0.117 e. The van der Waals surface area contributed by atoms with Crippen LogP contribution in [0.5, 0.6) is 5.75 Å². The van der Waals surface area contributed by atoms with Crippen LogP contribution in [-0.4, -0.2) is 14.9 Å². The van der Waals surface area contributed by atoms with E-state index in [9.17, 15) is 5.11 Å². The van der Waals surface area contributed by atoms with Crippen LogP contribution in [-0.2, 0) is 6.54 Å². The molecule has 72 valence electrons. The Labute approximate surface area is 81.6 Å². The number of benzene rings is 1. The van der Waals surface area contributed by atoms with Crippen molar-refractivity contribution in [2.45, 2.75) is 6.54 Å². The van der Waals surface area contributed by atoms with Gasteiger partial charge in [-0.25, -0.2) is 4.68 Å². The number of aromatic hydroxyl groups is 1. The zero-order chi connectivity index (χ0) is 9.97. The van der Waals surface area contributed by atoms with Crippen molar-refractivity contribution in [1.29, 1.82) is 0 Å². The lowest BCUT2D eigenvalue weighted by atomic mass is 10.3. The Kier molecular flexibility index (Phi) is 2.20. The second-order valence-electron chi connectivity index (χ2n) is 3.02. The molecule has 0 unspecified atom stereocenters. The highest BCUT2D eigenvalue weighted by molar-refractivity contribution is 5.38. The number of phenols is 1. The molecule has 2 rings (SSSR count). The summed E-state index contributed by atoms with van der Waals surface area (Å²) in [5.41, 5.74) is 7.26. The highest BCUT2D eigenvalue weighted by Gasteiger charge is 1.99. The summed E-state index contributed by atoms with van der Waals surface area (Å²) in [6.45, 7) is 0.471. The van der Waals surface area contributed by atoms with Crippen LogP contribution in [0, 0.1) is 0 Å². The second kappa shape index (κ2) is 3.51. The quantitative estimate of drug-likeness (QED) is 0.741. The van der Waals surface area contributed by atoms with Gasteiger partial charge in [0.05, 0.1) is 11.9 Å². The maximum absolute atomic E-state index is 9.27. The van der Waals surface area contributed by atoms with E-state index < -0.39 is 0 Å². The minimum atomic E-state index is 0.229. The molecule has 0 saturated carbocycles. The van der Waals surface area contributed by atoms with Crippen LogP contribution in [0.2, 0.25) is 0 Å². The van der Waals surface area contributed by atoms with Gasteiger partial charge in [0.2, 0.25) is 0 Å². The number of nitrogens with two attached hydrogens (primary N) is 1. The molecule has 1 heterocycles. The molecule has 0 atom stereocenters. The largest absolute Gasteiger partial charge is 0.508 e. The molecule has 0 spiro atoms. The average molecular weight is 189 g/mol. The average Bonchev–Trinajstić information content (AvgIpc) is 2.66. The van der Waals surface area contributed by atoms with Crippen LogP contribution in [0.25, 0.3) is 5.69 Å². The van der Waals surface area contributed by atoms with Crippen molar-refractivity contribution in [3.05, 3.63) is 42.2 Å². The van der Waals surface area contributed by atoms with Crippen molar-refractivity contribution in [3.8, 4) is 11.4 Å². The van der Waals surface area contributed by atoms with E-state index >= 15 is 0 Å². The summed E-state index contributed by atoms with van der Waals surface area (Å²) in [6, 6.07) is 6.91. The maximum atomic E-state index is 9.27. The monoisotopic (exact) mass is 189 g/mol. The Balaban J connectivity index is 2.39. The molecule has 3 N–H and O–H groups in total. The summed E-state index contributed by atoms with van der Waals surface area (Å²) >= 11 is 0. The van der Waals surface area contributed by atoms with Gasteiger partial charge in [-0.15, -0.1) is 0 Å². The highest BCUT2D eigenvalue weighted by Crippen LogP contribution is 2.14. The lowest BCUT2D eigenvalue weighted by Gasteiger charge is -2.00. The molecule has 14 heavy (non-hydrogen) atoms. The minimum absolute atomic E-state index is 0.229. The first-order valence-electron chi connectivity index (χ1n) is 4.32. The van der Waals surface area contributed by atoms with Crippen LogP contribution in [0.3, 0.4) is 0 Å². The highest BCUT2D eigenvalue weighted by atomic mass is 16.3. The van der Waals surface area contributed by atoms with E-state index in [-0.39, 0.29) is 5.75 Å². The Bertz CT molecular complexity index is 436. The third-order valence-corrected chi connectivity index (χ3v) is 1.97. The summed E-state index contributed by atoms with van der Waals surface area (Å²) < 4.78 is 1.68. The summed E-state index contributed by atoms with van der Waals surface area (Å²) in [5, 5.41) is 13.4. The summed E-state index contributed by atoms with van der Waals surface area (Å²) in [4.78, 5) is 0. The van der Waals surface area contributed by atoms with Gasteiger partial charge in [0.1, 0.15) is 5.75 Å². The van der Waals surface area contributed by atoms with E-state index in [0.29, 0.717) is 6.54 Å².